The fraction of sp³-hybridized carbons (Fsp3) is 0.887. The van der Waals surface area contributed by atoms with Crippen molar-refractivity contribution in [1.82, 2.24) is 9.80 Å². The molecule has 0 aliphatic heterocycles. The summed E-state index contributed by atoms with van der Waals surface area (Å²) in [4.78, 5) is 67.0. The maximum absolute atomic E-state index is 13.5. The Balaban J connectivity index is 5.16. The predicted octanol–water partition coefficient (Wildman–Crippen LogP) is 19.0. The summed E-state index contributed by atoms with van der Waals surface area (Å²) in [7, 11) is 1.47. The summed E-state index contributed by atoms with van der Waals surface area (Å²) in [5.74, 6) is -1.87. The van der Waals surface area contributed by atoms with Crippen LogP contribution in [-0.2, 0) is 71.2 Å². The molecule has 2 atom stereocenters. The lowest BCUT2D eigenvalue weighted by Crippen LogP contribution is -2.43. The number of amides is 2. The number of methoxy groups -OCH3 is 1. The topological polar surface area (TPSA) is 203 Å². The van der Waals surface area contributed by atoms with E-state index in [0.29, 0.717) is 33.0 Å². The van der Waals surface area contributed by atoms with Crippen molar-refractivity contribution in [2.75, 3.05) is 126 Å². The molecule has 0 N–H and O–H groups in total. The quantitative estimate of drug-likeness (QED) is 0.0240. The summed E-state index contributed by atoms with van der Waals surface area (Å²) in [6, 6.07) is 0. The van der Waals surface area contributed by atoms with Crippen molar-refractivity contribution >= 4 is 30.1 Å². The lowest BCUT2D eigenvalue weighted by molar-refractivity contribution is -0.168. The smallest absolute Gasteiger partial charge is 0.410 e. The molecule has 582 valence electrons. The van der Waals surface area contributed by atoms with Crippen LogP contribution in [0.25, 0.3) is 0 Å². The molecular weight excluding hydrogens is 1260 g/mol. The van der Waals surface area contributed by atoms with E-state index in [1.807, 2.05) is 0 Å². The van der Waals surface area contributed by atoms with Crippen molar-refractivity contribution in [2.45, 2.75) is 336 Å². The minimum atomic E-state index is -0.860. The van der Waals surface area contributed by atoms with Crippen molar-refractivity contribution in [2.24, 2.45) is 0 Å². The molecule has 0 fully saturated rings. The summed E-state index contributed by atoms with van der Waals surface area (Å²) in [5.41, 5.74) is -1.64. The van der Waals surface area contributed by atoms with Gasteiger partial charge in [0.15, 0.2) is 0 Å². The van der Waals surface area contributed by atoms with Gasteiger partial charge in [0, 0.05) is 26.9 Å². The van der Waals surface area contributed by atoms with Gasteiger partial charge in [-0.2, -0.15) is 0 Å². The van der Waals surface area contributed by atoms with Gasteiger partial charge in [-0.25, -0.2) is 14.4 Å². The fourth-order valence-electron chi connectivity index (χ4n) is 10.9. The molecule has 0 aliphatic carbocycles. The second-order valence-electron chi connectivity index (χ2n) is 28.5. The van der Waals surface area contributed by atoms with Gasteiger partial charge in [-0.3, -0.25) is 19.4 Å². The Morgan fingerprint density at radius 2 is 0.687 bits per heavy atom. The van der Waals surface area contributed by atoms with Crippen LogP contribution in [0.2, 0.25) is 0 Å². The molecular formula is C80H150N2O17. The molecule has 0 aromatic carbocycles. The molecule has 0 bridgehead atoms. The Morgan fingerprint density at radius 1 is 0.343 bits per heavy atom. The van der Waals surface area contributed by atoms with Gasteiger partial charge < -0.3 is 56.8 Å². The Labute approximate surface area is 604 Å². The average molecular weight is 1410 g/mol. The number of carbonyl (C=O) groups is 5. The molecule has 0 aliphatic rings. The largest absolute Gasteiger partial charge is 0.462 e. The maximum atomic E-state index is 13.5. The van der Waals surface area contributed by atoms with Crippen LogP contribution in [0.15, 0.2) is 24.3 Å². The van der Waals surface area contributed by atoms with Crippen molar-refractivity contribution in [3.05, 3.63) is 24.3 Å². The molecule has 19 heteroatoms. The fourth-order valence-corrected chi connectivity index (χ4v) is 10.9. The number of hydrogen-bond donors (Lipinski definition) is 0. The number of hydrogen-bond acceptors (Lipinski definition) is 17. The number of allylic oxidation sites excluding steroid dienone is 4. The Hall–Kier alpha value is -3.85. The first-order valence-electron chi connectivity index (χ1n) is 39.7. The van der Waals surface area contributed by atoms with Crippen molar-refractivity contribution in [1.29, 1.82) is 0 Å². The molecule has 0 heterocycles. The predicted molar refractivity (Wildman–Crippen MR) is 398 cm³/mol. The lowest BCUT2D eigenvalue weighted by atomic mass is 10.0. The van der Waals surface area contributed by atoms with Crippen LogP contribution < -0.4 is 0 Å². The molecule has 99 heavy (non-hydrogen) atoms. The molecule has 0 spiro atoms. The zero-order chi connectivity index (χ0) is 72.8. The van der Waals surface area contributed by atoms with Crippen LogP contribution in [0, 0.1) is 0 Å². The number of rotatable bonds is 72. The highest BCUT2D eigenvalue weighted by Gasteiger charge is 2.29. The molecule has 0 aromatic heterocycles. The average Bonchev–Trinajstić information content (AvgIpc) is 0.948. The third-order valence-electron chi connectivity index (χ3n) is 16.6. The minimum Gasteiger partial charge on any atom is -0.462 e. The first kappa shape index (κ1) is 95.2. The van der Waals surface area contributed by atoms with Crippen molar-refractivity contribution in [3.8, 4) is 0 Å². The van der Waals surface area contributed by atoms with Crippen LogP contribution >= 0.6 is 0 Å². The highest BCUT2D eigenvalue weighted by molar-refractivity contribution is 5.79. The number of nitrogens with zero attached hydrogens (tertiary/aromatic N) is 2. The lowest BCUT2D eigenvalue weighted by Gasteiger charge is -2.27. The second-order valence-corrected chi connectivity index (χ2v) is 28.5. The van der Waals surface area contributed by atoms with E-state index in [1.165, 1.54) is 217 Å². The summed E-state index contributed by atoms with van der Waals surface area (Å²) < 4.78 is 68.5. The Bertz CT molecular complexity index is 1910. The zero-order valence-corrected chi connectivity index (χ0v) is 65.1. The number of ether oxygens (including phenoxy) is 12. The third-order valence-corrected chi connectivity index (χ3v) is 16.6. The van der Waals surface area contributed by atoms with Gasteiger partial charge in [-0.15, -0.1) is 0 Å². The van der Waals surface area contributed by atoms with Gasteiger partial charge in [-0.1, -0.05) is 218 Å². The molecule has 0 aromatic rings. The van der Waals surface area contributed by atoms with Crippen molar-refractivity contribution in [3.63, 3.8) is 0 Å². The van der Waals surface area contributed by atoms with Gasteiger partial charge in [0.1, 0.15) is 56.3 Å². The van der Waals surface area contributed by atoms with Crippen LogP contribution in [0.5, 0.6) is 0 Å². The van der Waals surface area contributed by atoms with Crippen LogP contribution in [0.4, 0.5) is 9.59 Å². The number of unbranched alkanes of at least 4 members (excludes halogenated alkanes) is 33. The van der Waals surface area contributed by atoms with E-state index in [2.05, 4.69) is 45.1 Å². The first-order chi connectivity index (χ1) is 48.0. The van der Waals surface area contributed by atoms with Crippen LogP contribution in [0.3, 0.4) is 0 Å². The van der Waals surface area contributed by atoms with Gasteiger partial charge in [-0.05, 0) is 119 Å². The summed E-state index contributed by atoms with van der Waals surface area (Å²) in [6.07, 6.45) is 55.5. The summed E-state index contributed by atoms with van der Waals surface area (Å²) >= 11 is 0. The van der Waals surface area contributed by atoms with Crippen molar-refractivity contribution < 1.29 is 80.8 Å². The highest BCUT2D eigenvalue weighted by Crippen LogP contribution is 2.20. The molecule has 19 nitrogen and oxygen atoms in total. The molecule has 0 rings (SSSR count). The number of carbonyl (C=O) groups excluding carboxylic acids is 5. The summed E-state index contributed by atoms with van der Waals surface area (Å²) in [5, 5.41) is 0. The SMILES string of the molecule is CCCCCCCC/C=C\CCCCCCCCOCC(OCCCCCCCC/C=C\CCCCCCCC)C(CCCCCCCCCCCC)OC(=O)COCCOCCOCCOCCOC(=O)CN(CCOC(=O)CN(CCOC)C(=O)OC(C)(C)C)C(=O)OC(C)(C)C. The first-order valence-corrected chi connectivity index (χ1v) is 39.7. The van der Waals surface area contributed by atoms with Gasteiger partial charge in [0.2, 0.25) is 0 Å². The van der Waals surface area contributed by atoms with Gasteiger partial charge >= 0.3 is 30.1 Å². The van der Waals surface area contributed by atoms with E-state index in [4.69, 9.17) is 56.8 Å². The molecule has 2 unspecified atom stereocenters. The normalized spacial score (nSPS) is 12.5. The minimum absolute atomic E-state index is 0.0753. The van der Waals surface area contributed by atoms with E-state index in [1.54, 1.807) is 41.5 Å². The number of esters is 3. The molecule has 0 saturated carbocycles. The maximum Gasteiger partial charge on any atom is 0.410 e. The Morgan fingerprint density at radius 3 is 1.09 bits per heavy atom. The van der Waals surface area contributed by atoms with E-state index in [-0.39, 0.29) is 78.7 Å². The molecule has 0 radical (unpaired) electrons. The van der Waals surface area contributed by atoms with E-state index >= 15 is 0 Å². The Kier molecular flexibility index (Phi) is 67.1. The van der Waals surface area contributed by atoms with E-state index in [0.717, 1.165) is 49.8 Å². The van der Waals surface area contributed by atoms with Crippen LogP contribution in [0.1, 0.15) is 313 Å². The molecule has 0 saturated heterocycles. The third kappa shape index (κ3) is 68.4. The van der Waals surface area contributed by atoms with E-state index in [9.17, 15) is 24.0 Å². The van der Waals surface area contributed by atoms with Crippen LogP contribution in [-0.4, -0.2) is 189 Å². The second kappa shape index (κ2) is 69.8. The zero-order valence-electron chi connectivity index (χ0n) is 65.1. The summed E-state index contributed by atoms with van der Waals surface area (Å²) in [6.45, 7) is 19.1. The van der Waals surface area contributed by atoms with E-state index < -0.39 is 60.5 Å². The van der Waals surface area contributed by atoms with Gasteiger partial charge in [0.25, 0.3) is 0 Å². The van der Waals surface area contributed by atoms with Gasteiger partial charge in [0.05, 0.1) is 66.0 Å². The highest BCUT2D eigenvalue weighted by atomic mass is 16.6. The molecule has 2 amide bonds. The standard InChI is InChI=1S/C80H150N2O17/c1-11-14-17-20-23-26-29-31-33-35-37-39-42-45-48-51-56-92-70-73(94-57-52-49-46-43-40-38-36-34-32-30-27-24-21-18-15-12-2)72(53-50-47-44-41-28-25-22-19-16-13-3)97-76(85)71-93-65-64-90-61-60-89-62-63-91-66-67-96-75(84)69-82(78(87)99-80(7,8)9)55-59-95-74(83)68-81(54-58-88-10)77(86)98-79(4,5)6/h31-34,72-73H,11-30,35-71H2,1-10H3/b33-31-,34-32-. The monoisotopic (exact) mass is 1410 g/mol.